The van der Waals surface area contributed by atoms with Crippen LogP contribution < -0.4 is 5.32 Å². The summed E-state index contributed by atoms with van der Waals surface area (Å²) in [5, 5.41) is 16.0. The number of nitrogens with zero attached hydrogens (tertiary/aromatic N) is 2. The summed E-state index contributed by atoms with van der Waals surface area (Å²) in [4.78, 5) is 13.9. The zero-order chi connectivity index (χ0) is 15.1. The van der Waals surface area contributed by atoms with E-state index in [2.05, 4.69) is 10.5 Å². The third-order valence-corrected chi connectivity index (χ3v) is 3.29. The number of amides is 2. The molecule has 0 aliphatic carbocycles. The Labute approximate surface area is 120 Å². The van der Waals surface area contributed by atoms with E-state index in [1.54, 1.807) is 4.90 Å². The lowest BCUT2D eigenvalue weighted by atomic mass is 10.0. The summed E-state index contributed by atoms with van der Waals surface area (Å²) in [6.07, 6.45) is 1.61. The Morgan fingerprint density at radius 1 is 1.40 bits per heavy atom. The van der Waals surface area contributed by atoms with Crippen molar-refractivity contribution in [1.29, 1.82) is 0 Å². The first-order valence-corrected chi connectivity index (χ1v) is 7.14. The monoisotopic (exact) mass is 283 g/mol. The van der Waals surface area contributed by atoms with E-state index in [0.717, 1.165) is 29.9 Å². The van der Waals surface area contributed by atoms with Crippen LogP contribution in [-0.2, 0) is 0 Å². The maximum Gasteiger partial charge on any atom is 0.317 e. The van der Waals surface area contributed by atoms with Gasteiger partial charge < -0.3 is 19.8 Å². The fourth-order valence-corrected chi connectivity index (χ4v) is 2.31. The van der Waals surface area contributed by atoms with E-state index in [1.165, 1.54) is 0 Å². The zero-order valence-corrected chi connectivity index (χ0v) is 12.8. The molecule has 1 heterocycles. The van der Waals surface area contributed by atoms with E-state index in [4.69, 9.17) is 9.63 Å². The molecule has 0 saturated heterocycles. The number of aliphatic hydroxyl groups excluding tert-OH is 1. The highest BCUT2D eigenvalue weighted by Gasteiger charge is 2.22. The molecule has 1 atom stereocenters. The Kier molecular flexibility index (Phi) is 6.51. The molecule has 0 aromatic carbocycles. The average Bonchev–Trinajstić information content (AvgIpc) is 2.75. The fourth-order valence-electron chi connectivity index (χ4n) is 2.31. The normalized spacial score (nSPS) is 12.2. The van der Waals surface area contributed by atoms with Gasteiger partial charge in [-0.05, 0) is 26.7 Å². The van der Waals surface area contributed by atoms with Crippen molar-refractivity contribution in [3.63, 3.8) is 0 Å². The molecule has 0 bridgehead atoms. The highest BCUT2D eigenvalue weighted by atomic mass is 16.5. The molecule has 6 nitrogen and oxygen atoms in total. The first-order valence-electron chi connectivity index (χ1n) is 7.14. The molecule has 0 saturated carbocycles. The Balaban J connectivity index is 2.79. The minimum absolute atomic E-state index is 0.0322. The summed E-state index contributed by atoms with van der Waals surface area (Å²) in [5.41, 5.74) is 1.75. The van der Waals surface area contributed by atoms with Crippen LogP contribution in [0.5, 0.6) is 0 Å². The first-order chi connectivity index (χ1) is 9.54. The molecule has 0 radical (unpaired) electrons. The van der Waals surface area contributed by atoms with E-state index in [0.29, 0.717) is 13.1 Å². The van der Waals surface area contributed by atoms with Crippen LogP contribution in [0.3, 0.4) is 0 Å². The molecule has 1 aromatic rings. The highest BCUT2D eigenvalue weighted by Crippen LogP contribution is 2.24. The van der Waals surface area contributed by atoms with Gasteiger partial charge in [-0.15, -0.1) is 0 Å². The van der Waals surface area contributed by atoms with Gasteiger partial charge in [-0.25, -0.2) is 4.79 Å². The minimum atomic E-state index is -0.159. The number of aryl methyl sites for hydroxylation is 2. The summed E-state index contributed by atoms with van der Waals surface area (Å²) < 4.78 is 5.16. The van der Waals surface area contributed by atoms with Crippen molar-refractivity contribution in [3.05, 3.63) is 17.0 Å². The van der Waals surface area contributed by atoms with Gasteiger partial charge in [0, 0.05) is 18.7 Å². The van der Waals surface area contributed by atoms with E-state index in [1.807, 2.05) is 27.7 Å². The van der Waals surface area contributed by atoms with Gasteiger partial charge in [-0.3, -0.25) is 0 Å². The SMILES string of the molecule is CCCN(CCO)C(=O)NC(CC)c1c(C)noc1C. The number of urea groups is 1. The third kappa shape index (κ3) is 3.96. The van der Waals surface area contributed by atoms with Gasteiger partial charge in [0.05, 0.1) is 18.3 Å². The Morgan fingerprint density at radius 2 is 2.10 bits per heavy atom. The number of hydrogen-bond acceptors (Lipinski definition) is 4. The van der Waals surface area contributed by atoms with Gasteiger partial charge in [0.2, 0.25) is 0 Å². The molecule has 1 aromatic heterocycles. The number of rotatable bonds is 7. The van der Waals surface area contributed by atoms with Crippen molar-refractivity contribution in [2.75, 3.05) is 19.7 Å². The maximum absolute atomic E-state index is 12.3. The molecule has 2 N–H and O–H groups in total. The fraction of sp³-hybridized carbons (Fsp3) is 0.714. The van der Waals surface area contributed by atoms with Crippen LogP contribution in [0.2, 0.25) is 0 Å². The van der Waals surface area contributed by atoms with Gasteiger partial charge in [-0.2, -0.15) is 0 Å². The van der Waals surface area contributed by atoms with Crippen molar-refractivity contribution >= 4 is 6.03 Å². The largest absolute Gasteiger partial charge is 0.395 e. The summed E-state index contributed by atoms with van der Waals surface area (Å²) in [6, 6.07) is -0.278. The summed E-state index contributed by atoms with van der Waals surface area (Å²) in [6.45, 7) is 8.67. The van der Waals surface area contributed by atoms with Crippen molar-refractivity contribution < 1.29 is 14.4 Å². The van der Waals surface area contributed by atoms with Crippen LogP contribution in [0.1, 0.15) is 49.7 Å². The lowest BCUT2D eigenvalue weighted by Crippen LogP contribution is -2.43. The Morgan fingerprint density at radius 3 is 2.55 bits per heavy atom. The van der Waals surface area contributed by atoms with E-state index >= 15 is 0 Å². The summed E-state index contributed by atoms with van der Waals surface area (Å²) in [7, 11) is 0. The molecular formula is C14H25N3O3. The molecule has 0 spiro atoms. The maximum atomic E-state index is 12.3. The van der Waals surface area contributed by atoms with Crippen LogP contribution >= 0.6 is 0 Å². The van der Waals surface area contributed by atoms with Crippen LogP contribution in [0, 0.1) is 13.8 Å². The predicted molar refractivity (Wildman–Crippen MR) is 76.5 cm³/mol. The van der Waals surface area contributed by atoms with Gasteiger partial charge >= 0.3 is 6.03 Å². The van der Waals surface area contributed by atoms with Crippen molar-refractivity contribution in [2.45, 2.75) is 46.6 Å². The molecular weight excluding hydrogens is 258 g/mol. The van der Waals surface area contributed by atoms with Crippen molar-refractivity contribution in [2.24, 2.45) is 0 Å². The minimum Gasteiger partial charge on any atom is -0.395 e. The Hall–Kier alpha value is -1.56. The van der Waals surface area contributed by atoms with E-state index in [-0.39, 0.29) is 18.7 Å². The van der Waals surface area contributed by atoms with Gasteiger partial charge in [0.25, 0.3) is 0 Å². The lowest BCUT2D eigenvalue weighted by Gasteiger charge is -2.25. The van der Waals surface area contributed by atoms with E-state index in [9.17, 15) is 4.79 Å². The second-order valence-corrected chi connectivity index (χ2v) is 4.86. The predicted octanol–water partition coefficient (Wildman–Crippen LogP) is 2.16. The number of nitrogens with one attached hydrogen (secondary N) is 1. The number of aromatic nitrogens is 1. The summed E-state index contributed by atoms with van der Waals surface area (Å²) in [5.74, 6) is 0.735. The van der Waals surface area contributed by atoms with Gasteiger partial charge in [-0.1, -0.05) is 19.0 Å². The smallest absolute Gasteiger partial charge is 0.317 e. The van der Waals surface area contributed by atoms with Crippen LogP contribution in [0.4, 0.5) is 4.79 Å². The highest BCUT2D eigenvalue weighted by molar-refractivity contribution is 5.74. The number of aliphatic hydroxyl groups is 1. The number of carbonyl (C=O) groups excluding carboxylic acids is 1. The standard InChI is InChI=1S/C14H25N3O3/c1-5-7-17(8-9-18)14(19)15-12(6-2)13-10(3)16-20-11(13)4/h12,18H,5-9H2,1-4H3,(H,15,19). The van der Waals surface area contributed by atoms with Crippen molar-refractivity contribution in [1.82, 2.24) is 15.4 Å². The zero-order valence-electron chi connectivity index (χ0n) is 12.8. The molecule has 1 unspecified atom stereocenters. The Bertz CT molecular complexity index is 406. The molecule has 114 valence electrons. The van der Waals surface area contributed by atoms with Crippen LogP contribution in [0.25, 0.3) is 0 Å². The van der Waals surface area contributed by atoms with Gasteiger partial charge in [0.15, 0.2) is 0 Å². The van der Waals surface area contributed by atoms with Crippen LogP contribution in [-0.4, -0.2) is 40.9 Å². The second kappa shape index (κ2) is 7.89. The molecule has 2 amide bonds. The topological polar surface area (TPSA) is 78.6 Å². The molecule has 0 fully saturated rings. The van der Waals surface area contributed by atoms with Gasteiger partial charge in [0.1, 0.15) is 5.76 Å². The van der Waals surface area contributed by atoms with Crippen LogP contribution in [0.15, 0.2) is 4.52 Å². The number of carbonyl (C=O) groups is 1. The molecule has 6 heteroatoms. The van der Waals surface area contributed by atoms with E-state index < -0.39 is 0 Å². The quantitative estimate of drug-likeness (QED) is 0.803. The molecule has 0 aliphatic rings. The summed E-state index contributed by atoms with van der Waals surface area (Å²) >= 11 is 0. The first kappa shape index (κ1) is 16.5. The van der Waals surface area contributed by atoms with Crippen molar-refractivity contribution in [3.8, 4) is 0 Å². The molecule has 0 aliphatic heterocycles. The molecule has 1 rings (SSSR count). The molecule has 20 heavy (non-hydrogen) atoms. The number of hydrogen-bond donors (Lipinski definition) is 2. The average molecular weight is 283 g/mol. The third-order valence-electron chi connectivity index (χ3n) is 3.29. The second-order valence-electron chi connectivity index (χ2n) is 4.86. The lowest BCUT2D eigenvalue weighted by molar-refractivity contribution is 0.173.